The Hall–Kier alpha value is -2.28. The number of rotatable bonds is 2. The maximum absolute atomic E-state index is 13.4. The highest BCUT2D eigenvalue weighted by atomic mass is 19.2. The number of carbonyl (C=O) groups is 1. The van der Waals surface area contributed by atoms with Crippen LogP contribution in [0.3, 0.4) is 0 Å². The number of hydrogen-bond acceptors (Lipinski definition) is 3. The molecule has 21 heavy (non-hydrogen) atoms. The van der Waals surface area contributed by atoms with Crippen molar-refractivity contribution >= 4 is 5.97 Å². The standard InChI is InChI=1S/C14H12F2N2O3/c15-9-3-2-8(6-10(9)16)13-17-12(14(19)20)11-7-21-5-1-4-18(11)13/h2-3,6H,1,4-5,7H2,(H,19,20). The van der Waals surface area contributed by atoms with Crippen LogP contribution in [-0.2, 0) is 17.9 Å². The number of nitrogens with zero attached hydrogens (tertiary/aromatic N) is 2. The summed E-state index contributed by atoms with van der Waals surface area (Å²) in [4.78, 5) is 15.4. The number of benzene rings is 1. The van der Waals surface area contributed by atoms with Crippen LogP contribution in [0.5, 0.6) is 0 Å². The van der Waals surface area contributed by atoms with E-state index in [4.69, 9.17) is 4.74 Å². The van der Waals surface area contributed by atoms with Gasteiger partial charge in [0.25, 0.3) is 0 Å². The van der Waals surface area contributed by atoms with Crippen LogP contribution in [0.2, 0.25) is 0 Å². The molecule has 1 aliphatic heterocycles. The number of hydrogen-bond donors (Lipinski definition) is 1. The number of aromatic nitrogens is 2. The van der Waals surface area contributed by atoms with Crippen molar-refractivity contribution in [1.82, 2.24) is 9.55 Å². The fourth-order valence-electron chi connectivity index (χ4n) is 2.39. The van der Waals surface area contributed by atoms with Gasteiger partial charge in [0, 0.05) is 18.7 Å². The molecule has 0 saturated heterocycles. The Morgan fingerprint density at radius 3 is 2.86 bits per heavy atom. The molecule has 0 aliphatic carbocycles. The van der Waals surface area contributed by atoms with Gasteiger partial charge in [-0.15, -0.1) is 0 Å². The first-order valence-electron chi connectivity index (χ1n) is 6.44. The van der Waals surface area contributed by atoms with E-state index in [0.717, 1.165) is 12.1 Å². The van der Waals surface area contributed by atoms with E-state index in [0.29, 0.717) is 36.7 Å². The predicted molar refractivity (Wildman–Crippen MR) is 68.8 cm³/mol. The van der Waals surface area contributed by atoms with Gasteiger partial charge in [0.2, 0.25) is 0 Å². The van der Waals surface area contributed by atoms with E-state index in [1.807, 2.05) is 0 Å². The van der Waals surface area contributed by atoms with Crippen LogP contribution in [0.25, 0.3) is 11.4 Å². The van der Waals surface area contributed by atoms with E-state index in [9.17, 15) is 18.7 Å². The van der Waals surface area contributed by atoms with Crippen LogP contribution in [0.15, 0.2) is 18.2 Å². The Morgan fingerprint density at radius 1 is 1.33 bits per heavy atom. The van der Waals surface area contributed by atoms with Gasteiger partial charge in [-0.2, -0.15) is 0 Å². The van der Waals surface area contributed by atoms with Crippen LogP contribution in [-0.4, -0.2) is 27.2 Å². The number of halogens is 2. The third kappa shape index (κ3) is 2.40. The number of carboxylic acids is 1. The SMILES string of the molecule is O=C(O)c1nc(-c2ccc(F)c(F)c2)n2c1COCCC2. The molecule has 0 fully saturated rings. The zero-order valence-corrected chi connectivity index (χ0v) is 11.0. The van der Waals surface area contributed by atoms with Crippen LogP contribution in [0, 0.1) is 11.6 Å². The Morgan fingerprint density at radius 2 is 2.14 bits per heavy atom. The third-order valence-corrected chi connectivity index (χ3v) is 3.36. The number of ether oxygens (including phenoxy) is 1. The molecule has 0 atom stereocenters. The first-order chi connectivity index (χ1) is 10.1. The molecule has 0 bridgehead atoms. The molecule has 0 saturated carbocycles. The fourth-order valence-corrected chi connectivity index (χ4v) is 2.39. The molecule has 0 radical (unpaired) electrons. The summed E-state index contributed by atoms with van der Waals surface area (Å²) in [7, 11) is 0. The predicted octanol–water partition coefficient (Wildman–Crippen LogP) is 2.45. The summed E-state index contributed by atoms with van der Waals surface area (Å²) in [6, 6.07) is 3.40. The van der Waals surface area contributed by atoms with E-state index in [1.54, 1.807) is 4.57 Å². The first-order valence-corrected chi connectivity index (χ1v) is 6.44. The van der Waals surface area contributed by atoms with Gasteiger partial charge in [0.05, 0.1) is 12.3 Å². The average molecular weight is 294 g/mol. The lowest BCUT2D eigenvalue weighted by atomic mass is 10.2. The van der Waals surface area contributed by atoms with E-state index >= 15 is 0 Å². The average Bonchev–Trinajstić information content (AvgIpc) is 2.65. The summed E-state index contributed by atoms with van der Waals surface area (Å²) in [5.41, 5.74) is 0.668. The fraction of sp³-hybridized carbons (Fsp3) is 0.286. The molecule has 1 N–H and O–H groups in total. The molecule has 1 aliphatic rings. The van der Waals surface area contributed by atoms with E-state index < -0.39 is 17.6 Å². The van der Waals surface area contributed by atoms with Crippen molar-refractivity contribution in [2.24, 2.45) is 0 Å². The maximum Gasteiger partial charge on any atom is 0.356 e. The molecular weight excluding hydrogens is 282 g/mol. The highest BCUT2D eigenvalue weighted by molar-refractivity contribution is 5.88. The van der Waals surface area contributed by atoms with Crippen molar-refractivity contribution in [2.75, 3.05) is 6.61 Å². The lowest BCUT2D eigenvalue weighted by Gasteiger charge is -2.08. The Kier molecular flexibility index (Phi) is 3.42. The summed E-state index contributed by atoms with van der Waals surface area (Å²) in [6.45, 7) is 1.17. The Bertz CT molecular complexity index is 712. The van der Waals surface area contributed by atoms with Crippen LogP contribution in [0.4, 0.5) is 8.78 Å². The number of imidazole rings is 1. The van der Waals surface area contributed by atoms with Crippen molar-refractivity contribution in [3.63, 3.8) is 0 Å². The summed E-state index contributed by atoms with van der Waals surface area (Å²) in [5.74, 6) is -2.81. The zero-order valence-electron chi connectivity index (χ0n) is 11.0. The van der Waals surface area contributed by atoms with Gasteiger partial charge in [-0.25, -0.2) is 18.6 Å². The lowest BCUT2D eigenvalue weighted by Crippen LogP contribution is -2.06. The minimum Gasteiger partial charge on any atom is -0.476 e. The van der Waals surface area contributed by atoms with Gasteiger partial charge in [-0.3, -0.25) is 0 Å². The molecule has 1 aromatic carbocycles. The van der Waals surface area contributed by atoms with Crippen molar-refractivity contribution < 1.29 is 23.4 Å². The largest absolute Gasteiger partial charge is 0.476 e. The van der Waals surface area contributed by atoms with Crippen molar-refractivity contribution in [2.45, 2.75) is 19.6 Å². The van der Waals surface area contributed by atoms with Crippen LogP contribution >= 0.6 is 0 Å². The Labute approximate surface area is 118 Å². The quantitative estimate of drug-likeness (QED) is 0.924. The number of aromatic carboxylic acids is 1. The second kappa shape index (κ2) is 5.25. The minimum absolute atomic E-state index is 0.114. The smallest absolute Gasteiger partial charge is 0.356 e. The number of fused-ring (bicyclic) bond motifs is 1. The minimum atomic E-state index is -1.17. The molecule has 0 unspecified atom stereocenters. The van der Waals surface area contributed by atoms with Crippen LogP contribution in [0.1, 0.15) is 22.6 Å². The van der Waals surface area contributed by atoms with Crippen molar-refractivity contribution in [3.05, 3.63) is 41.2 Å². The van der Waals surface area contributed by atoms with E-state index in [-0.39, 0.29) is 12.3 Å². The monoisotopic (exact) mass is 294 g/mol. The van der Waals surface area contributed by atoms with Gasteiger partial charge in [0.15, 0.2) is 17.3 Å². The highest BCUT2D eigenvalue weighted by Crippen LogP contribution is 2.26. The summed E-state index contributed by atoms with van der Waals surface area (Å²) < 4.78 is 33.5. The molecule has 1 aromatic heterocycles. The molecule has 5 nitrogen and oxygen atoms in total. The second-order valence-electron chi connectivity index (χ2n) is 4.72. The highest BCUT2D eigenvalue weighted by Gasteiger charge is 2.24. The molecule has 2 aromatic rings. The van der Waals surface area contributed by atoms with Gasteiger partial charge < -0.3 is 14.4 Å². The molecule has 110 valence electrons. The van der Waals surface area contributed by atoms with Gasteiger partial charge in [0.1, 0.15) is 5.82 Å². The molecule has 0 spiro atoms. The first kappa shape index (κ1) is 13.7. The van der Waals surface area contributed by atoms with Crippen molar-refractivity contribution in [3.8, 4) is 11.4 Å². The third-order valence-electron chi connectivity index (χ3n) is 3.36. The van der Waals surface area contributed by atoms with E-state index in [2.05, 4.69) is 4.98 Å². The maximum atomic E-state index is 13.4. The van der Waals surface area contributed by atoms with Gasteiger partial charge >= 0.3 is 5.97 Å². The molecule has 2 heterocycles. The molecule has 3 rings (SSSR count). The second-order valence-corrected chi connectivity index (χ2v) is 4.72. The molecular formula is C14H12F2N2O3. The Balaban J connectivity index is 2.17. The number of carboxylic acid groups (broad SMARTS) is 1. The lowest BCUT2D eigenvalue weighted by molar-refractivity contribution is 0.0682. The van der Waals surface area contributed by atoms with Crippen LogP contribution < -0.4 is 0 Å². The molecule has 0 amide bonds. The zero-order chi connectivity index (χ0) is 15.0. The van der Waals surface area contributed by atoms with Gasteiger partial charge in [-0.1, -0.05) is 0 Å². The van der Waals surface area contributed by atoms with Crippen molar-refractivity contribution in [1.29, 1.82) is 0 Å². The molecule has 7 heteroatoms. The normalized spacial score (nSPS) is 14.6. The summed E-state index contributed by atoms with van der Waals surface area (Å²) in [5, 5.41) is 9.23. The summed E-state index contributed by atoms with van der Waals surface area (Å²) in [6.07, 6.45) is 0.694. The topological polar surface area (TPSA) is 64.3 Å². The summed E-state index contributed by atoms with van der Waals surface area (Å²) >= 11 is 0. The van der Waals surface area contributed by atoms with E-state index in [1.165, 1.54) is 6.07 Å². The van der Waals surface area contributed by atoms with Gasteiger partial charge in [-0.05, 0) is 24.6 Å².